The number of hydrogen-bond donors (Lipinski definition) is 1. The molecule has 0 aliphatic heterocycles. The first-order valence-electron chi connectivity index (χ1n) is 5.76. The Morgan fingerprint density at radius 3 is 2.33 bits per heavy atom. The SMILES string of the molecule is CNC(CN(C)CCCOC)C(C)(C)C. The fourth-order valence-electron chi connectivity index (χ4n) is 1.68. The van der Waals surface area contributed by atoms with Crippen molar-refractivity contribution in [3.05, 3.63) is 0 Å². The lowest BCUT2D eigenvalue weighted by Gasteiger charge is -2.33. The van der Waals surface area contributed by atoms with Gasteiger partial charge in [0.05, 0.1) is 0 Å². The van der Waals surface area contributed by atoms with Gasteiger partial charge in [0.15, 0.2) is 0 Å². The summed E-state index contributed by atoms with van der Waals surface area (Å²) in [6.07, 6.45) is 1.10. The zero-order chi connectivity index (χ0) is 11.9. The summed E-state index contributed by atoms with van der Waals surface area (Å²) in [7, 11) is 5.97. The molecule has 92 valence electrons. The normalized spacial score (nSPS) is 14.6. The molecule has 0 bridgehead atoms. The van der Waals surface area contributed by atoms with Gasteiger partial charge in [0, 0.05) is 32.8 Å². The zero-order valence-corrected chi connectivity index (χ0v) is 11.3. The molecule has 0 aliphatic rings. The molecule has 3 nitrogen and oxygen atoms in total. The van der Waals surface area contributed by atoms with Crippen molar-refractivity contribution >= 4 is 0 Å². The van der Waals surface area contributed by atoms with E-state index in [9.17, 15) is 0 Å². The standard InChI is InChI=1S/C12H28N2O/c1-12(2,3)11(13-4)10-14(5)8-7-9-15-6/h11,13H,7-10H2,1-6H3. The predicted molar refractivity (Wildman–Crippen MR) is 66.3 cm³/mol. The summed E-state index contributed by atoms with van der Waals surface area (Å²) in [6, 6.07) is 0.532. The molecular weight excluding hydrogens is 188 g/mol. The number of methoxy groups -OCH3 is 1. The zero-order valence-electron chi connectivity index (χ0n) is 11.3. The number of nitrogens with one attached hydrogen (secondary N) is 1. The van der Waals surface area contributed by atoms with Crippen LogP contribution < -0.4 is 5.32 Å². The van der Waals surface area contributed by atoms with Gasteiger partial charge < -0.3 is 15.0 Å². The molecule has 0 aliphatic carbocycles. The molecule has 0 aromatic heterocycles. The molecule has 3 heteroatoms. The lowest BCUT2D eigenvalue weighted by Crippen LogP contribution is -2.46. The minimum absolute atomic E-state index is 0.310. The third-order valence-electron chi connectivity index (χ3n) is 2.78. The Bertz CT molecular complexity index is 154. The van der Waals surface area contributed by atoms with E-state index in [1.54, 1.807) is 7.11 Å². The fraction of sp³-hybridized carbons (Fsp3) is 1.00. The Morgan fingerprint density at radius 1 is 1.33 bits per heavy atom. The van der Waals surface area contributed by atoms with E-state index in [2.05, 4.69) is 38.0 Å². The molecule has 0 aromatic carbocycles. The van der Waals surface area contributed by atoms with Crippen LogP contribution in [0.5, 0.6) is 0 Å². The molecule has 15 heavy (non-hydrogen) atoms. The summed E-state index contributed by atoms with van der Waals surface area (Å²) in [5.41, 5.74) is 0.310. The molecule has 0 fully saturated rings. The molecule has 1 unspecified atom stereocenters. The van der Waals surface area contributed by atoms with Crippen molar-refractivity contribution in [1.29, 1.82) is 0 Å². The number of nitrogens with zero attached hydrogens (tertiary/aromatic N) is 1. The molecule has 0 spiro atoms. The second-order valence-electron chi connectivity index (χ2n) is 5.32. The van der Waals surface area contributed by atoms with Crippen molar-refractivity contribution < 1.29 is 4.74 Å². The van der Waals surface area contributed by atoms with Crippen LogP contribution in [0.4, 0.5) is 0 Å². The average molecular weight is 216 g/mol. The first-order chi connectivity index (χ1) is 6.91. The summed E-state index contributed by atoms with van der Waals surface area (Å²) in [5, 5.41) is 3.39. The van der Waals surface area contributed by atoms with E-state index in [0.717, 1.165) is 26.1 Å². The van der Waals surface area contributed by atoms with Gasteiger partial charge in [-0.15, -0.1) is 0 Å². The van der Waals surface area contributed by atoms with Gasteiger partial charge in [0.2, 0.25) is 0 Å². The third-order valence-corrected chi connectivity index (χ3v) is 2.78. The van der Waals surface area contributed by atoms with Gasteiger partial charge in [-0.2, -0.15) is 0 Å². The summed E-state index contributed by atoms with van der Waals surface area (Å²) in [6.45, 7) is 9.86. The van der Waals surface area contributed by atoms with Crippen molar-refractivity contribution in [3.63, 3.8) is 0 Å². The van der Waals surface area contributed by atoms with E-state index >= 15 is 0 Å². The minimum Gasteiger partial charge on any atom is -0.385 e. The molecular formula is C12H28N2O. The second kappa shape index (κ2) is 7.20. The summed E-state index contributed by atoms with van der Waals surface area (Å²) in [4.78, 5) is 2.37. The highest BCUT2D eigenvalue weighted by atomic mass is 16.5. The second-order valence-corrected chi connectivity index (χ2v) is 5.32. The minimum atomic E-state index is 0.310. The van der Waals surface area contributed by atoms with E-state index < -0.39 is 0 Å². The van der Waals surface area contributed by atoms with Crippen LogP contribution in [0.2, 0.25) is 0 Å². The van der Waals surface area contributed by atoms with E-state index in [1.165, 1.54) is 0 Å². The molecule has 1 N–H and O–H groups in total. The first-order valence-corrected chi connectivity index (χ1v) is 5.76. The smallest absolute Gasteiger partial charge is 0.0474 e. The molecule has 0 saturated heterocycles. The lowest BCUT2D eigenvalue weighted by atomic mass is 9.86. The molecule has 0 rings (SSSR count). The maximum Gasteiger partial charge on any atom is 0.0474 e. The molecule has 0 heterocycles. The fourth-order valence-corrected chi connectivity index (χ4v) is 1.68. The van der Waals surface area contributed by atoms with Gasteiger partial charge in [-0.05, 0) is 25.9 Å². The van der Waals surface area contributed by atoms with Gasteiger partial charge in [-0.25, -0.2) is 0 Å². The van der Waals surface area contributed by atoms with Gasteiger partial charge in [-0.3, -0.25) is 0 Å². The maximum absolute atomic E-state index is 5.05. The molecule has 1 atom stereocenters. The van der Waals surface area contributed by atoms with Crippen molar-refractivity contribution in [2.45, 2.75) is 33.2 Å². The van der Waals surface area contributed by atoms with E-state index in [-0.39, 0.29) is 0 Å². The Morgan fingerprint density at radius 2 is 1.93 bits per heavy atom. The average Bonchev–Trinajstić information content (AvgIpc) is 2.12. The number of hydrogen-bond acceptors (Lipinski definition) is 3. The maximum atomic E-state index is 5.05. The van der Waals surface area contributed by atoms with Gasteiger partial charge >= 0.3 is 0 Å². The van der Waals surface area contributed by atoms with Crippen LogP contribution in [-0.4, -0.2) is 51.8 Å². The Balaban J connectivity index is 3.86. The molecule has 0 radical (unpaired) electrons. The Labute approximate surface area is 95.2 Å². The first kappa shape index (κ1) is 14.9. The highest BCUT2D eigenvalue weighted by Gasteiger charge is 2.23. The van der Waals surface area contributed by atoms with Crippen molar-refractivity contribution in [2.75, 3.05) is 40.9 Å². The van der Waals surface area contributed by atoms with Gasteiger partial charge in [0.25, 0.3) is 0 Å². The molecule has 0 saturated carbocycles. The highest BCUT2D eigenvalue weighted by Crippen LogP contribution is 2.19. The van der Waals surface area contributed by atoms with E-state index in [0.29, 0.717) is 11.5 Å². The van der Waals surface area contributed by atoms with Crippen LogP contribution in [0.1, 0.15) is 27.2 Å². The van der Waals surface area contributed by atoms with Crippen LogP contribution in [-0.2, 0) is 4.74 Å². The van der Waals surface area contributed by atoms with Crippen LogP contribution in [0.3, 0.4) is 0 Å². The Hall–Kier alpha value is -0.120. The topological polar surface area (TPSA) is 24.5 Å². The molecule has 0 amide bonds. The van der Waals surface area contributed by atoms with E-state index in [1.807, 2.05) is 7.05 Å². The van der Waals surface area contributed by atoms with Gasteiger partial charge in [0.1, 0.15) is 0 Å². The monoisotopic (exact) mass is 216 g/mol. The van der Waals surface area contributed by atoms with Crippen LogP contribution >= 0.6 is 0 Å². The largest absolute Gasteiger partial charge is 0.385 e. The number of likely N-dealkylation sites (N-methyl/N-ethyl adjacent to an activating group) is 2. The summed E-state index contributed by atoms with van der Waals surface area (Å²) in [5.74, 6) is 0. The number of rotatable bonds is 7. The summed E-state index contributed by atoms with van der Waals surface area (Å²) < 4.78 is 5.05. The van der Waals surface area contributed by atoms with Crippen LogP contribution in [0, 0.1) is 5.41 Å². The van der Waals surface area contributed by atoms with Gasteiger partial charge in [-0.1, -0.05) is 20.8 Å². The van der Waals surface area contributed by atoms with Crippen molar-refractivity contribution in [1.82, 2.24) is 10.2 Å². The molecule has 0 aromatic rings. The van der Waals surface area contributed by atoms with Crippen molar-refractivity contribution in [3.8, 4) is 0 Å². The predicted octanol–water partition coefficient (Wildman–Crippen LogP) is 1.59. The quantitative estimate of drug-likeness (QED) is 0.654. The lowest BCUT2D eigenvalue weighted by molar-refractivity contribution is 0.162. The highest BCUT2D eigenvalue weighted by molar-refractivity contribution is 4.81. The summed E-state index contributed by atoms with van der Waals surface area (Å²) >= 11 is 0. The Kier molecular flexibility index (Phi) is 7.14. The van der Waals surface area contributed by atoms with E-state index in [4.69, 9.17) is 4.74 Å². The van der Waals surface area contributed by atoms with Crippen LogP contribution in [0.25, 0.3) is 0 Å². The third kappa shape index (κ3) is 6.88. The van der Waals surface area contributed by atoms with Crippen molar-refractivity contribution in [2.24, 2.45) is 5.41 Å². The number of ether oxygens (including phenoxy) is 1. The van der Waals surface area contributed by atoms with Crippen LogP contribution in [0.15, 0.2) is 0 Å².